The van der Waals surface area contributed by atoms with E-state index in [-0.39, 0.29) is 18.3 Å². The summed E-state index contributed by atoms with van der Waals surface area (Å²) in [5, 5.41) is 0. The first kappa shape index (κ1) is 16.3. The Labute approximate surface area is 103 Å². The van der Waals surface area contributed by atoms with E-state index in [0.717, 1.165) is 6.42 Å². The molecule has 17 heavy (non-hydrogen) atoms. The predicted molar refractivity (Wildman–Crippen MR) is 66.8 cm³/mol. The van der Waals surface area contributed by atoms with E-state index in [1.54, 1.807) is 0 Å². The predicted octanol–water partition coefficient (Wildman–Crippen LogP) is 5.51. The van der Waals surface area contributed by atoms with Crippen LogP contribution in [-0.2, 0) is 0 Å². The van der Waals surface area contributed by atoms with Gasteiger partial charge in [0.1, 0.15) is 0 Å². The van der Waals surface area contributed by atoms with Gasteiger partial charge >= 0.3 is 6.18 Å². The van der Waals surface area contributed by atoms with Crippen LogP contribution < -0.4 is 0 Å². The van der Waals surface area contributed by atoms with Gasteiger partial charge in [-0.1, -0.05) is 38.5 Å². The van der Waals surface area contributed by atoms with Crippen molar-refractivity contribution < 1.29 is 13.2 Å². The second-order valence-corrected chi connectivity index (χ2v) is 4.64. The van der Waals surface area contributed by atoms with E-state index in [0.29, 0.717) is 0 Å². The molecule has 0 fully saturated rings. The Morgan fingerprint density at radius 1 is 1.24 bits per heavy atom. The molecule has 0 aromatic carbocycles. The third-order valence-electron chi connectivity index (χ3n) is 3.35. The van der Waals surface area contributed by atoms with Gasteiger partial charge in [-0.15, -0.1) is 0 Å². The molecule has 0 aromatic heterocycles. The minimum absolute atomic E-state index is 0.00521. The van der Waals surface area contributed by atoms with E-state index in [4.69, 9.17) is 0 Å². The Morgan fingerprint density at radius 2 is 1.76 bits per heavy atom. The normalized spacial score (nSPS) is 18.1. The van der Waals surface area contributed by atoms with Crippen molar-refractivity contribution >= 4 is 0 Å². The minimum atomic E-state index is -4.19. The average Bonchev–Trinajstić information content (AvgIpc) is 2.23. The van der Waals surface area contributed by atoms with Crippen LogP contribution in [0.5, 0.6) is 0 Å². The van der Waals surface area contributed by atoms with Gasteiger partial charge in [-0.05, 0) is 38.5 Å². The highest BCUT2D eigenvalue weighted by Crippen LogP contribution is 2.34. The Bertz CT molecular complexity index is 284. The first-order chi connectivity index (χ1) is 7.73. The number of allylic oxidation sites excluding steroid dienone is 4. The smallest absolute Gasteiger partial charge is 0.166 e. The van der Waals surface area contributed by atoms with Crippen LogP contribution >= 0.6 is 0 Å². The molecule has 2 atom stereocenters. The Balaban J connectivity index is 4.64. The number of alkyl halides is 3. The molecule has 0 amide bonds. The molecule has 0 aliphatic heterocycles. The van der Waals surface area contributed by atoms with E-state index in [9.17, 15) is 13.2 Å². The SMILES string of the molecule is C/C=C(\CC(C)[C@H](C)C(C)=CCC)C(F)(F)F. The van der Waals surface area contributed by atoms with Crippen LogP contribution in [0.1, 0.15) is 47.5 Å². The van der Waals surface area contributed by atoms with Gasteiger partial charge in [-0.2, -0.15) is 13.2 Å². The lowest BCUT2D eigenvalue weighted by Crippen LogP contribution is -2.18. The van der Waals surface area contributed by atoms with Crippen molar-refractivity contribution in [2.75, 3.05) is 0 Å². The van der Waals surface area contributed by atoms with Gasteiger partial charge in [0.2, 0.25) is 0 Å². The molecule has 0 bridgehead atoms. The fourth-order valence-electron chi connectivity index (χ4n) is 1.88. The zero-order chi connectivity index (χ0) is 13.6. The molecular formula is C14H23F3. The third kappa shape index (κ3) is 5.42. The quantitative estimate of drug-likeness (QED) is 0.562. The molecule has 0 rings (SSSR count). The number of halogens is 3. The van der Waals surface area contributed by atoms with E-state index in [1.165, 1.54) is 18.6 Å². The van der Waals surface area contributed by atoms with Gasteiger partial charge < -0.3 is 0 Å². The zero-order valence-electron chi connectivity index (χ0n) is 11.4. The van der Waals surface area contributed by atoms with Crippen molar-refractivity contribution in [2.45, 2.75) is 53.6 Å². The average molecular weight is 248 g/mol. The lowest BCUT2D eigenvalue weighted by molar-refractivity contribution is -0.0956. The molecule has 100 valence electrons. The molecule has 0 aromatic rings. The lowest BCUT2D eigenvalue weighted by Gasteiger charge is -2.23. The van der Waals surface area contributed by atoms with Crippen molar-refractivity contribution in [1.29, 1.82) is 0 Å². The molecule has 1 unspecified atom stereocenters. The molecule has 0 aliphatic rings. The highest BCUT2D eigenvalue weighted by atomic mass is 19.4. The third-order valence-corrected chi connectivity index (χ3v) is 3.35. The van der Waals surface area contributed by atoms with Gasteiger partial charge in [-0.3, -0.25) is 0 Å². The largest absolute Gasteiger partial charge is 0.412 e. The molecule has 0 saturated heterocycles. The van der Waals surface area contributed by atoms with Crippen molar-refractivity contribution in [3.05, 3.63) is 23.3 Å². The van der Waals surface area contributed by atoms with Crippen LogP contribution in [0.4, 0.5) is 13.2 Å². The fourth-order valence-corrected chi connectivity index (χ4v) is 1.88. The Hall–Kier alpha value is -0.730. The fraction of sp³-hybridized carbons (Fsp3) is 0.714. The summed E-state index contributed by atoms with van der Waals surface area (Å²) in [7, 11) is 0. The number of hydrogen-bond donors (Lipinski definition) is 0. The second-order valence-electron chi connectivity index (χ2n) is 4.64. The standard InChI is InChI=1S/C14H23F3/c1-6-8-10(3)12(5)11(4)9-13(7-2)14(15,16)17/h7-8,11-12H,6,9H2,1-5H3/b10-8?,13-7+/t11?,12-/m1/s1. The molecule has 3 heteroatoms. The van der Waals surface area contributed by atoms with Crippen LogP contribution in [-0.4, -0.2) is 6.18 Å². The van der Waals surface area contributed by atoms with Gasteiger partial charge in [-0.25, -0.2) is 0 Å². The van der Waals surface area contributed by atoms with Crippen LogP contribution in [0, 0.1) is 11.8 Å². The summed E-state index contributed by atoms with van der Waals surface area (Å²) >= 11 is 0. The van der Waals surface area contributed by atoms with Crippen molar-refractivity contribution in [1.82, 2.24) is 0 Å². The maximum absolute atomic E-state index is 12.6. The highest BCUT2D eigenvalue weighted by Gasteiger charge is 2.34. The summed E-state index contributed by atoms with van der Waals surface area (Å²) in [6.45, 7) is 9.36. The summed E-state index contributed by atoms with van der Waals surface area (Å²) in [6.07, 6.45) is 0.103. The van der Waals surface area contributed by atoms with Crippen molar-refractivity contribution in [3.8, 4) is 0 Å². The van der Waals surface area contributed by atoms with Crippen LogP contribution in [0.15, 0.2) is 23.3 Å². The second kappa shape index (κ2) is 6.87. The van der Waals surface area contributed by atoms with Gasteiger partial charge in [0.25, 0.3) is 0 Å². The molecule has 0 saturated carbocycles. The molecule has 0 heterocycles. The van der Waals surface area contributed by atoms with E-state index in [1.807, 2.05) is 27.7 Å². The van der Waals surface area contributed by atoms with Gasteiger partial charge in [0.05, 0.1) is 0 Å². The Morgan fingerprint density at radius 3 is 2.12 bits per heavy atom. The highest BCUT2D eigenvalue weighted by molar-refractivity contribution is 5.11. The molecular weight excluding hydrogens is 225 g/mol. The Kier molecular flexibility index (Phi) is 6.58. The van der Waals surface area contributed by atoms with E-state index in [2.05, 4.69) is 6.08 Å². The molecule has 0 aliphatic carbocycles. The first-order valence-electron chi connectivity index (χ1n) is 6.13. The molecule has 0 spiro atoms. The van der Waals surface area contributed by atoms with Crippen LogP contribution in [0.3, 0.4) is 0 Å². The van der Waals surface area contributed by atoms with Crippen LogP contribution in [0.2, 0.25) is 0 Å². The summed E-state index contributed by atoms with van der Waals surface area (Å²) < 4.78 is 37.8. The van der Waals surface area contributed by atoms with Crippen molar-refractivity contribution in [3.63, 3.8) is 0 Å². The maximum atomic E-state index is 12.6. The van der Waals surface area contributed by atoms with Gasteiger partial charge in [0.15, 0.2) is 0 Å². The minimum Gasteiger partial charge on any atom is -0.166 e. The summed E-state index contributed by atoms with van der Waals surface area (Å²) in [4.78, 5) is 0. The van der Waals surface area contributed by atoms with Gasteiger partial charge in [0, 0.05) is 5.57 Å². The van der Waals surface area contributed by atoms with Crippen molar-refractivity contribution in [2.24, 2.45) is 11.8 Å². The summed E-state index contributed by atoms with van der Waals surface area (Å²) in [5.74, 6) is 0.192. The zero-order valence-corrected chi connectivity index (χ0v) is 11.4. The molecule has 0 N–H and O–H groups in total. The van der Waals surface area contributed by atoms with E-state index < -0.39 is 11.7 Å². The topological polar surface area (TPSA) is 0 Å². The first-order valence-corrected chi connectivity index (χ1v) is 6.13. The number of hydrogen-bond acceptors (Lipinski definition) is 0. The molecule has 0 radical (unpaired) electrons. The number of rotatable bonds is 5. The van der Waals surface area contributed by atoms with E-state index >= 15 is 0 Å². The monoisotopic (exact) mass is 248 g/mol. The van der Waals surface area contributed by atoms with Crippen LogP contribution in [0.25, 0.3) is 0 Å². The summed E-state index contributed by atoms with van der Waals surface area (Å²) in [6, 6.07) is 0. The molecule has 0 nitrogen and oxygen atoms in total. The summed E-state index contributed by atoms with van der Waals surface area (Å²) in [5.41, 5.74) is 0.763. The lowest BCUT2D eigenvalue weighted by atomic mass is 9.84. The maximum Gasteiger partial charge on any atom is 0.412 e.